The molecular weight excluding hydrogens is 260 g/mol. The summed E-state index contributed by atoms with van der Waals surface area (Å²) in [5.74, 6) is 1.96. The van der Waals surface area contributed by atoms with Gasteiger partial charge in [0.1, 0.15) is 17.3 Å². The highest BCUT2D eigenvalue weighted by Crippen LogP contribution is 2.25. The molecule has 0 radical (unpaired) electrons. The van der Waals surface area contributed by atoms with Crippen LogP contribution in [0.3, 0.4) is 0 Å². The zero-order valence-electron chi connectivity index (χ0n) is 11.1. The molecule has 0 atom stereocenters. The Morgan fingerprint density at radius 2 is 2.05 bits per heavy atom. The summed E-state index contributed by atoms with van der Waals surface area (Å²) in [4.78, 5) is 4.39. The lowest BCUT2D eigenvalue weighted by Gasteiger charge is -2.18. The van der Waals surface area contributed by atoms with Crippen molar-refractivity contribution in [1.29, 1.82) is 5.26 Å². The number of nitrogens with zero attached hydrogens (tertiary/aromatic N) is 4. The smallest absolute Gasteiger partial charge is 0.232 e. The van der Waals surface area contributed by atoms with Crippen molar-refractivity contribution in [3.05, 3.63) is 28.7 Å². The summed E-state index contributed by atoms with van der Waals surface area (Å²) in [6.07, 6.45) is 2.13. The molecule has 0 aromatic carbocycles. The Kier molecular flexibility index (Phi) is 3.48. The molecule has 1 aliphatic rings. The fourth-order valence-electron chi connectivity index (χ4n) is 2.29. The van der Waals surface area contributed by atoms with Gasteiger partial charge in [-0.3, -0.25) is 0 Å². The molecule has 2 aromatic heterocycles. The predicted octanol–water partition coefficient (Wildman–Crippen LogP) is 1.72. The first-order valence-corrected chi connectivity index (χ1v) is 6.53. The van der Waals surface area contributed by atoms with E-state index in [9.17, 15) is 0 Å². The van der Waals surface area contributed by atoms with Crippen LogP contribution in [0.5, 0.6) is 0 Å². The Morgan fingerprint density at radius 1 is 1.25 bits per heavy atom. The standard InChI is InChI=1S/C13H14N4O3/c1-8-10(7-14)11(16-19-8)6-12-15-13(17-20-12)9-2-4-18-5-3-9/h9H,2-6H2,1H3. The van der Waals surface area contributed by atoms with Gasteiger partial charge in [0.2, 0.25) is 5.89 Å². The lowest BCUT2D eigenvalue weighted by atomic mass is 10.00. The van der Waals surface area contributed by atoms with E-state index in [0.717, 1.165) is 26.1 Å². The molecule has 7 nitrogen and oxygen atoms in total. The summed E-state index contributed by atoms with van der Waals surface area (Å²) in [5.41, 5.74) is 0.975. The maximum absolute atomic E-state index is 9.04. The first-order valence-electron chi connectivity index (χ1n) is 6.53. The van der Waals surface area contributed by atoms with Gasteiger partial charge in [-0.25, -0.2) is 0 Å². The molecule has 0 unspecified atom stereocenters. The number of rotatable bonds is 3. The average Bonchev–Trinajstić information content (AvgIpc) is 3.08. The Balaban J connectivity index is 1.75. The third-order valence-electron chi connectivity index (χ3n) is 3.43. The Hall–Kier alpha value is -2.20. The normalized spacial score (nSPS) is 16.2. The molecule has 0 N–H and O–H groups in total. The van der Waals surface area contributed by atoms with Crippen molar-refractivity contribution in [2.45, 2.75) is 32.1 Å². The zero-order valence-corrected chi connectivity index (χ0v) is 11.1. The second-order valence-corrected chi connectivity index (χ2v) is 4.78. The highest BCUT2D eigenvalue weighted by atomic mass is 16.5. The van der Waals surface area contributed by atoms with E-state index in [1.54, 1.807) is 6.92 Å². The number of aromatic nitrogens is 3. The molecule has 2 aromatic rings. The van der Waals surface area contributed by atoms with Crippen LogP contribution in [0.15, 0.2) is 9.05 Å². The first kappa shape index (κ1) is 12.8. The number of aryl methyl sites for hydroxylation is 1. The van der Waals surface area contributed by atoms with E-state index >= 15 is 0 Å². The van der Waals surface area contributed by atoms with Crippen LogP contribution in [0, 0.1) is 18.3 Å². The third kappa shape index (κ3) is 2.42. The maximum Gasteiger partial charge on any atom is 0.232 e. The highest BCUT2D eigenvalue weighted by molar-refractivity contribution is 5.36. The van der Waals surface area contributed by atoms with Gasteiger partial charge in [-0.2, -0.15) is 10.2 Å². The van der Waals surface area contributed by atoms with Crippen molar-refractivity contribution in [3.63, 3.8) is 0 Å². The number of hydrogen-bond acceptors (Lipinski definition) is 7. The van der Waals surface area contributed by atoms with Gasteiger partial charge < -0.3 is 13.8 Å². The lowest BCUT2D eigenvalue weighted by Crippen LogP contribution is -2.15. The predicted molar refractivity (Wildman–Crippen MR) is 65.9 cm³/mol. The summed E-state index contributed by atoms with van der Waals surface area (Å²) in [6.45, 7) is 3.17. The lowest BCUT2D eigenvalue weighted by molar-refractivity contribution is 0.0830. The summed E-state index contributed by atoms with van der Waals surface area (Å²) in [5, 5.41) is 16.9. The Labute approximate surface area is 115 Å². The molecular formula is C13H14N4O3. The molecule has 7 heteroatoms. The monoisotopic (exact) mass is 274 g/mol. The number of ether oxygens (including phenoxy) is 1. The van der Waals surface area contributed by atoms with E-state index in [4.69, 9.17) is 19.0 Å². The number of nitriles is 1. The van der Waals surface area contributed by atoms with Crippen LogP contribution in [0.2, 0.25) is 0 Å². The van der Waals surface area contributed by atoms with Crippen molar-refractivity contribution in [3.8, 4) is 6.07 Å². The van der Waals surface area contributed by atoms with Crippen LogP contribution < -0.4 is 0 Å². The molecule has 3 heterocycles. The van der Waals surface area contributed by atoms with E-state index in [0.29, 0.717) is 35.2 Å². The van der Waals surface area contributed by atoms with Crippen LogP contribution in [0.25, 0.3) is 0 Å². The minimum atomic E-state index is 0.288. The van der Waals surface area contributed by atoms with E-state index in [1.165, 1.54) is 0 Å². The second-order valence-electron chi connectivity index (χ2n) is 4.78. The van der Waals surface area contributed by atoms with Gasteiger partial charge in [0, 0.05) is 19.1 Å². The molecule has 1 saturated heterocycles. The molecule has 20 heavy (non-hydrogen) atoms. The summed E-state index contributed by atoms with van der Waals surface area (Å²) in [7, 11) is 0. The second kappa shape index (κ2) is 5.43. The van der Waals surface area contributed by atoms with Crippen molar-refractivity contribution >= 4 is 0 Å². The van der Waals surface area contributed by atoms with Gasteiger partial charge in [0.25, 0.3) is 0 Å². The van der Waals surface area contributed by atoms with Crippen LogP contribution >= 0.6 is 0 Å². The SMILES string of the molecule is Cc1onc(Cc2nc(C3CCOCC3)no2)c1C#N. The minimum absolute atomic E-state index is 0.288. The summed E-state index contributed by atoms with van der Waals surface area (Å²) in [6, 6.07) is 2.07. The summed E-state index contributed by atoms with van der Waals surface area (Å²) < 4.78 is 15.6. The minimum Gasteiger partial charge on any atom is -0.381 e. The topological polar surface area (TPSA) is 98.0 Å². The van der Waals surface area contributed by atoms with E-state index < -0.39 is 0 Å². The highest BCUT2D eigenvalue weighted by Gasteiger charge is 2.22. The molecule has 3 rings (SSSR count). The maximum atomic E-state index is 9.04. The van der Waals surface area contributed by atoms with Gasteiger partial charge >= 0.3 is 0 Å². The van der Waals surface area contributed by atoms with Gasteiger partial charge in [0.05, 0.1) is 6.42 Å². The van der Waals surface area contributed by atoms with Gasteiger partial charge in [-0.1, -0.05) is 10.3 Å². The zero-order chi connectivity index (χ0) is 13.9. The fraction of sp³-hybridized carbons (Fsp3) is 0.538. The van der Waals surface area contributed by atoms with Crippen LogP contribution in [-0.4, -0.2) is 28.5 Å². The molecule has 1 fully saturated rings. The third-order valence-corrected chi connectivity index (χ3v) is 3.43. The molecule has 104 valence electrons. The average molecular weight is 274 g/mol. The van der Waals surface area contributed by atoms with Crippen LogP contribution in [0.4, 0.5) is 0 Å². The fourth-order valence-corrected chi connectivity index (χ4v) is 2.29. The summed E-state index contributed by atoms with van der Waals surface area (Å²) >= 11 is 0. The van der Waals surface area contributed by atoms with Crippen molar-refractivity contribution in [2.75, 3.05) is 13.2 Å². The van der Waals surface area contributed by atoms with Gasteiger partial charge in [-0.05, 0) is 19.8 Å². The van der Waals surface area contributed by atoms with Crippen molar-refractivity contribution in [1.82, 2.24) is 15.3 Å². The van der Waals surface area contributed by atoms with Crippen LogP contribution in [0.1, 0.15) is 47.5 Å². The van der Waals surface area contributed by atoms with Crippen molar-refractivity contribution < 1.29 is 13.8 Å². The molecule has 1 aliphatic heterocycles. The van der Waals surface area contributed by atoms with Gasteiger partial charge in [-0.15, -0.1) is 0 Å². The largest absolute Gasteiger partial charge is 0.381 e. The van der Waals surface area contributed by atoms with Crippen LogP contribution in [-0.2, 0) is 11.2 Å². The van der Waals surface area contributed by atoms with E-state index in [1.807, 2.05) is 0 Å². The molecule has 0 aliphatic carbocycles. The number of hydrogen-bond donors (Lipinski definition) is 0. The molecule has 0 spiro atoms. The quantitative estimate of drug-likeness (QED) is 0.840. The van der Waals surface area contributed by atoms with E-state index in [2.05, 4.69) is 21.4 Å². The van der Waals surface area contributed by atoms with Gasteiger partial charge in [0.15, 0.2) is 11.6 Å². The molecule has 0 bridgehead atoms. The molecule has 0 saturated carbocycles. The first-order chi connectivity index (χ1) is 9.78. The molecule has 0 amide bonds. The Bertz CT molecular complexity index is 634. The Morgan fingerprint density at radius 3 is 2.80 bits per heavy atom. The van der Waals surface area contributed by atoms with Crippen molar-refractivity contribution in [2.24, 2.45) is 0 Å². The van der Waals surface area contributed by atoms with E-state index in [-0.39, 0.29) is 5.92 Å².